The molecule has 118 valence electrons. The summed E-state index contributed by atoms with van der Waals surface area (Å²) < 4.78 is 5.08. The minimum atomic E-state index is -0.178. The van der Waals surface area contributed by atoms with E-state index in [1.54, 1.807) is 0 Å². The molecule has 0 aromatic heterocycles. The van der Waals surface area contributed by atoms with Crippen LogP contribution in [0, 0.1) is 5.92 Å². The fourth-order valence-electron chi connectivity index (χ4n) is 1.64. The van der Waals surface area contributed by atoms with Crippen molar-refractivity contribution in [2.45, 2.75) is 60.0 Å². The van der Waals surface area contributed by atoms with Crippen molar-refractivity contribution >= 4 is 11.9 Å². The molecule has 0 fully saturated rings. The van der Waals surface area contributed by atoms with Gasteiger partial charge in [-0.15, -0.1) is 0 Å². The molecule has 0 atom stereocenters. The maximum atomic E-state index is 11.4. The van der Waals surface area contributed by atoms with Crippen molar-refractivity contribution in [2.24, 2.45) is 10.9 Å². The van der Waals surface area contributed by atoms with Gasteiger partial charge in [0.05, 0.1) is 12.5 Å². The Hall–Kier alpha value is -1.26. The van der Waals surface area contributed by atoms with Crippen LogP contribution < -0.4 is 10.6 Å². The third-order valence-electron chi connectivity index (χ3n) is 2.54. The van der Waals surface area contributed by atoms with E-state index >= 15 is 0 Å². The number of rotatable bonds is 9. The quantitative estimate of drug-likeness (QED) is 0.295. The van der Waals surface area contributed by atoms with E-state index < -0.39 is 0 Å². The van der Waals surface area contributed by atoms with Crippen LogP contribution in [0.3, 0.4) is 0 Å². The number of carbonyl (C=O) groups excluding carboxylic acids is 1. The molecule has 0 aliphatic rings. The Kier molecular flexibility index (Phi) is 10.8. The molecule has 0 saturated heterocycles. The Labute approximate surface area is 123 Å². The highest BCUT2D eigenvalue weighted by atomic mass is 16.5. The molecule has 0 rings (SSSR count). The monoisotopic (exact) mass is 285 g/mol. The Bertz CT molecular complexity index is 289. The number of esters is 1. The van der Waals surface area contributed by atoms with Gasteiger partial charge in [-0.3, -0.25) is 9.79 Å². The van der Waals surface area contributed by atoms with Crippen molar-refractivity contribution in [3.05, 3.63) is 0 Å². The maximum Gasteiger partial charge on any atom is 0.307 e. The number of hydrogen-bond donors (Lipinski definition) is 2. The molecular weight excluding hydrogens is 254 g/mol. The highest BCUT2D eigenvalue weighted by molar-refractivity contribution is 5.80. The first-order valence-corrected chi connectivity index (χ1v) is 7.67. The molecule has 0 saturated carbocycles. The van der Waals surface area contributed by atoms with E-state index in [2.05, 4.69) is 29.5 Å². The van der Waals surface area contributed by atoms with Crippen LogP contribution in [0.4, 0.5) is 0 Å². The number of hydrogen-bond acceptors (Lipinski definition) is 3. The molecule has 0 unspecified atom stereocenters. The summed E-state index contributed by atoms with van der Waals surface area (Å²) >= 11 is 0. The SMILES string of the molecule is CCNC(=NCCCC(C)C)NCCC(=O)OC(C)C. The summed E-state index contributed by atoms with van der Waals surface area (Å²) in [4.78, 5) is 15.9. The van der Waals surface area contributed by atoms with Crippen molar-refractivity contribution in [1.82, 2.24) is 10.6 Å². The van der Waals surface area contributed by atoms with Gasteiger partial charge in [-0.1, -0.05) is 13.8 Å². The Morgan fingerprint density at radius 2 is 1.90 bits per heavy atom. The van der Waals surface area contributed by atoms with Crippen LogP contribution in [0.25, 0.3) is 0 Å². The number of aliphatic imine (C=N–C) groups is 1. The zero-order chi connectivity index (χ0) is 15.4. The van der Waals surface area contributed by atoms with E-state index in [1.807, 2.05) is 20.8 Å². The standard InChI is InChI=1S/C15H31N3O2/c1-6-16-15(17-10-7-8-12(2)3)18-11-9-14(19)20-13(4)5/h12-13H,6-11H2,1-5H3,(H2,16,17,18). The second kappa shape index (κ2) is 11.6. The van der Waals surface area contributed by atoms with Gasteiger partial charge in [0.2, 0.25) is 0 Å². The van der Waals surface area contributed by atoms with E-state index in [-0.39, 0.29) is 12.1 Å². The molecule has 0 heterocycles. The van der Waals surface area contributed by atoms with Gasteiger partial charge in [0.15, 0.2) is 5.96 Å². The van der Waals surface area contributed by atoms with E-state index in [1.165, 1.54) is 6.42 Å². The topological polar surface area (TPSA) is 62.7 Å². The zero-order valence-electron chi connectivity index (χ0n) is 13.7. The average Bonchev–Trinajstić information content (AvgIpc) is 2.33. The molecule has 0 aliphatic heterocycles. The first-order valence-electron chi connectivity index (χ1n) is 7.67. The van der Waals surface area contributed by atoms with Crippen molar-refractivity contribution in [3.8, 4) is 0 Å². The van der Waals surface area contributed by atoms with E-state index in [0.29, 0.717) is 18.9 Å². The lowest BCUT2D eigenvalue weighted by molar-refractivity contribution is -0.147. The Morgan fingerprint density at radius 1 is 1.20 bits per heavy atom. The summed E-state index contributed by atoms with van der Waals surface area (Å²) in [5.74, 6) is 1.31. The lowest BCUT2D eigenvalue weighted by Gasteiger charge is -2.12. The zero-order valence-corrected chi connectivity index (χ0v) is 13.7. The predicted octanol–water partition coefficient (Wildman–Crippen LogP) is 2.32. The summed E-state index contributed by atoms with van der Waals surface area (Å²) in [5.41, 5.74) is 0. The molecule has 0 radical (unpaired) electrons. The summed E-state index contributed by atoms with van der Waals surface area (Å²) in [6.07, 6.45) is 2.57. The molecule has 2 N–H and O–H groups in total. The first-order chi connectivity index (χ1) is 9.45. The lowest BCUT2D eigenvalue weighted by Crippen LogP contribution is -2.38. The van der Waals surface area contributed by atoms with Gasteiger partial charge < -0.3 is 15.4 Å². The van der Waals surface area contributed by atoms with Crippen LogP contribution in [-0.4, -0.2) is 37.7 Å². The van der Waals surface area contributed by atoms with Crippen LogP contribution in [0.2, 0.25) is 0 Å². The average molecular weight is 285 g/mol. The molecule has 5 heteroatoms. The number of ether oxygens (including phenoxy) is 1. The van der Waals surface area contributed by atoms with Gasteiger partial charge in [-0.2, -0.15) is 0 Å². The molecular formula is C15H31N3O2. The molecule has 5 nitrogen and oxygen atoms in total. The minimum Gasteiger partial charge on any atom is -0.463 e. The van der Waals surface area contributed by atoms with Gasteiger partial charge in [-0.25, -0.2) is 0 Å². The molecule has 0 aromatic rings. The van der Waals surface area contributed by atoms with E-state index in [4.69, 9.17) is 4.74 Å². The van der Waals surface area contributed by atoms with Gasteiger partial charge in [0, 0.05) is 19.6 Å². The smallest absolute Gasteiger partial charge is 0.307 e. The van der Waals surface area contributed by atoms with Gasteiger partial charge >= 0.3 is 5.97 Å². The summed E-state index contributed by atoms with van der Waals surface area (Å²) in [6, 6.07) is 0. The third kappa shape index (κ3) is 11.8. The number of nitrogens with one attached hydrogen (secondary N) is 2. The fraction of sp³-hybridized carbons (Fsp3) is 0.867. The number of nitrogens with zero attached hydrogens (tertiary/aromatic N) is 1. The summed E-state index contributed by atoms with van der Waals surface area (Å²) in [5, 5.41) is 6.32. The molecule has 0 spiro atoms. The summed E-state index contributed by atoms with van der Waals surface area (Å²) in [6.45, 7) is 12.3. The largest absolute Gasteiger partial charge is 0.463 e. The number of carbonyl (C=O) groups is 1. The summed E-state index contributed by atoms with van der Waals surface area (Å²) in [7, 11) is 0. The highest BCUT2D eigenvalue weighted by Crippen LogP contribution is 2.02. The molecule has 0 amide bonds. The van der Waals surface area contributed by atoms with Gasteiger partial charge in [-0.05, 0) is 39.5 Å². The third-order valence-corrected chi connectivity index (χ3v) is 2.54. The van der Waals surface area contributed by atoms with Gasteiger partial charge in [0.1, 0.15) is 0 Å². The fourth-order valence-corrected chi connectivity index (χ4v) is 1.64. The molecule has 0 bridgehead atoms. The van der Waals surface area contributed by atoms with Crippen LogP contribution in [0.15, 0.2) is 4.99 Å². The van der Waals surface area contributed by atoms with Crippen LogP contribution in [0.5, 0.6) is 0 Å². The van der Waals surface area contributed by atoms with E-state index in [0.717, 1.165) is 25.5 Å². The molecule has 0 aromatic carbocycles. The normalized spacial score (nSPS) is 11.8. The highest BCUT2D eigenvalue weighted by Gasteiger charge is 2.05. The Balaban J connectivity index is 3.95. The van der Waals surface area contributed by atoms with Crippen molar-refractivity contribution in [3.63, 3.8) is 0 Å². The van der Waals surface area contributed by atoms with Crippen LogP contribution in [0.1, 0.15) is 53.9 Å². The second-order valence-electron chi connectivity index (χ2n) is 5.51. The van der Waals surface area contributed by atoms with Crippen molar-refractivity contribution in [1.29, 1.82) is 0 Å². The minimum absolute atomic E-state index is 0.0552. The first kappa shape index (κ1) is 18.7. The van der Waals surface area contributed by atoms with Crippen LogP contribution >= 0.6 is 0 Å². The molecule has 20 heavy (non-hydrogen) atoms. The van der Waals surface area contributed by atoms with Crippen molar-refractivity contribution < 1.29 is 9.53 Å². The predicted molar refractivity (Wildman–Crippen MR) is 83.9 cm³/mol. The number of guanidine groups is 1. The molecule has 0 aliphatic carbocycles. The Morgan fingerprint density at radius 3 is 2.45 bits per heavy atom. The van der Waals surface area contributed by atoms with Crippen LogP contribution in [-0.2, 0) is 9.53 Å². The van der Waals surface area contributed by atoms with Gasteiger partial charge in [0.25, 0.3) is 0 Å². The maximum absolute atomic E-state index is 11.4. The second-order valence-corrected chi connectivity index (χ2v) is 5.51. The van der Waals surface area contributed by atoms with Crippen molar-refractivity contribution in [2.75, 3.05) is 19.6 Å². The van der Waals surface area contributed by atoms with E-state index in [9.17, 15) is 4.79 Å². The lowest BCUT2D eigenvalue weighted by atomic mass is 10.1.